The molecule has 1 saturated heterocycles. The highest BCUT2D eigenvalue weighted by Crippen LogP contribution is 2.21. The Labute approximate surface area is 79.0 Å². The first-order valence-corrected chi connectivity index (χ1v) is 3.96. The summed E-state index contributed by atoms with van der Waals surface area (Å²) in [4.78, 5) is 2.40. The van der Waals surface area contributed by atoms with Crippen molar-refractivity contribution in [1.29, 1.82) is 0 Å². The van der Waals surface area contributed by atoms with Gasteiger partial charge in [0, 0.05) is 4.91 Å². The summed E-state index contributed by atoms with van der Waals surface area (Å²) in [6, 6.07) is 0. The molecule has 0 aromatic heterocycles. The zero-order valence-corrected chi connectivity index (χ0v) is 7.13. The third kappa shape index (κ3) is 1.95. The molecule has 8 nitrogen and oxygen atoms in total. The van der Waals surface area contributed by atoms with Crippen LogP contribution in [0.2, 0.25) is 0 Å². The number of rotatable bonds is 2. The Morgan fingerprint density at radius 3 is 2.36 bits per heavy atom. The smallest absolute Gasteiger partial charge is 0.165 e. The van der Waals surface area contributed by atoms with Crippen molar-refractivity contribution in [2.45, 2.75) is 30.6 Å². The molecule has 80 valence electrons. The maximum Gasteiger partial charge on any atom is 0.165 e. The molecule has 1 aliphatic rings. The molecule has 0 amide bonds. The van der Waals surface area contributed by atoms with Crippen molar-refractivity contribution in [3.63, 3.8) is 0 Å². The molecule has 0 aliphatic carbocycles. The third-order valence-electron chi connectivity index (χ3n) is 2.03. The molecule has 0 radical (unpaired) electrons. The molecular formula is C6H11N3O5. The van der Waals surface area contributed by atoms with Crippen LogP contribution in [0.5, 0.6) is 0 Å². The van der Waals surface area contributed by atoms with Gasteiger partial charge < -0.3 is 25.2 Å². The fourth-order valence-electron chi connectivity index (χ4n) is 1.23. The number of hydrogen-bond acceptors (Lipinski definition) is 6. The Bertz CT molecular complexity index is 242. The number of hydrogen-bond donors (Lipinski definition) is 4. The molecule has 8 heteroatoms. The van der Waals surface area contributed by atoms with E-state index in [9.17, 15) is 15.3 Å². The van der Waals surface area contributed by atoms with Gasteiger partial charge in [0.15, 0.2) is 6.23 Å². The molecule has 1 aliphatic heterocycles. The fourth-order valence-corrected chi connectivity index (χ4v) is 1.23. The predicted octanol–water partition coefficient (Wildman–Crippen LogP) is -1.90. The van der Waals surface area contributed by atoms with Gasteiger partial charge in [-0.3, -0.25) is 0 Å². The number of aliphatic hydroxyl groups is 4. The summed E-state index contributed by atoms with van der Waals surface area (Å²) >= 11 is 0. The first-order valence-electron chi connectivity index (χ1n) is 3.96. The lowest BCUT2D eigenvalue weighted by molar-refractivity contribution is -0.227. The molecule has 1 rings (SSSR count). The number of azide groups is 1. The Balaban J connectivity index is 2.77. The second-order valence-electron chi connectivity index (χ2n) is 2.92. The Hall–Kier alpha value is -0.890. The summed E-state index contributed by atoms with van der Waals surface area (Å²) in [5.41, 5.74) is 8.11. The van der Waals surface area contributed by atoms with Crippen LogP contribution in [0.1, 0.15) is 0 Å². The molecule has 0 unspecified atom stereocenters. The van der Waals surface area contributed by atoms with E-state index in [1.807, 2.05) is 0 Å². The molecule has 0 aromatic rings. The van der Waals surface area contributed by atoms with Crippen LogP contribution in [0.25, 0.3) is 10.4 Å². The molecule has 5 atom stereocenters. The van der Waals surface area contributed by atoms with Crippen molar-refractivity contribution >= 4 is 0 Å². The second kappa shape index (κ2) is 4.56. The van der Waals surface area contributed by atoms with Crippen molar-refractivity contribution < 1.29 is 25.2 Å². The van der Waals surface area contributed by atoms with E-state index in [4.69, 9.17) is 15.4 Å². The Morgan fingerprint density at radius 2 is 1.86 bits per heavy atom. The van der Waals surface area contributed by atoms with Gasteiger partial charge in [0.2, 0.25) is 0 Å². The van der Waals surface area contributed by atoms with Crippen LogP contribution in [0.3, 0.4) is 0 Å². The Kier molecular flexibility index (Phi) is 3.64. The Morgan fingerprint density at radius 1 is 1.21 bits per heavy atom. The topological polar surface area (TPSA) is 139 Å². The minimum Gasteiger partial charge on any atom is -0.394 e. The van der Waals surface area contributed by atoms with E-state index in [0.29, 0.717) is 0 Å². The van der Waals surface area contributed by atoms with Gasteiger partial charge in [-0.15, -0.1) is 0 Å². The standard InChI is InChI=1S/C6H11N3O5/c7-9-8-6-5(13)4(12)3(11)2(1-10)14-6/h2-6,10-13H,1H2/t2-,3+,4+,5-,6+/m0/s1. The zero-order chi connectivity index (χ0) is 10.7. The highest BCUT2D eigenvalue weighted by atomic mass is 16.6. The van der Waals surface area contributed by atoms with Gasteiger partial charge in [0.1, 0.15) is 24.4 Å². The van der Waals surface area contributed by atoms with Gasteiger partial charge in [-0.2, -0.15) is 0 Å². The second-order valence-corrected chi connectivity index (χ2v) is 2.92. The van der Waals surface area contributed by atoms with E-state index in [1.54, 1.807) is 0 Å². The van der Waals surface area contributed by atoms with E-state index in [2.05, 4.69) is 10.0 Å². The minimum absolute atomic E-state index is 0.539. The average molecular weight is 205 g/mol. The van der Waals surface area contributed by atoms with E-state index < -0.39 is 37.3 Å². The number of nitrogens with zero attached hydrogens (tertiary/aromatic N) is 3. The van der Waals surface area contributed by atoms with Crippen LogP contribution < -0.4 is 0 Å². The summed E-state index contributed by atoms with van der Waals surface area (Å²) in [6.07, 6.45) is -6.76. The SMILES string of the molecule is [N-]=[N+]=N[C@@H]1O[C@@H](CO)[C@@H](O)[C@@H](O)[C@@H]1O. The van der Waals surface area contributed by atoms with Crippen molar-refractivity contribution in [3.8, 4) is 0 Å². The molecule has 0 aromatic carbocycles. The molecular weight excluding hydrogens is 194 g/mol. The maximum atomic E-state index is 9.27. The van der Waals surface area contributed by atoms with Crippen molar-refractivity contribution in [2.75, 3.05) is 6.61 Å². The van der Waals surface area contributed by atoms with Gasteiger partial charge in [0.25, 0.3) is 0 Å². The van der Waals surface area contributed by atoms with E-state index in [0.717, 1.165) is 0 Å². The highest BCUT2D eigenvalue weighted by Gasteiger charge is 2.42. The lowest BCUT2D eigenvalue weighted by Gasteiger charge is -2.37. The van der Waals surface area contributed by atoms with Crippen LogP contribution in [0.15, 0.2) is 5.11 Å². The first-order chi connectivity index (χ1) is 6.61. The van der Waals surface area contributed by atoms with Crippen molar-refractivity contribution in [3.05, 3.63) is 10.4 Å². The van der Waals surface area contributed by atoms with Gasteiger partial charge in [-0.25, -0.2) is 0 Å². The van der Waals surface area contributed by atoms with Crippen LogP contribution in [-0.4, -0.2) is 57.7 Å². The maximum absolute atomic E-state index is 9.27. The van der Waals surface area contributed by atoms with Crippen LogP contribution in [0.4, 0.5) is 0 Å². The van der Waals surface area contributed by atoms with E-state index in [-0.39, 0.29) is 0 Å². The number of ether oxygens (including phenoxy) is 1. The molecule has 0 saturated carbocycles. The van der Waals surface area contributed by atoms with Crippen LogP contribution in [0, 0.1) is 0 Å². The molecule has 0 bridgehead atoms. The lowest BCUT2D eigenvalue weighted by atomic mass is 9.99. The van der Waals surface area contributed by atoms with Crippen LogP contribution in [-0.2, 0) is 4.74 Å². The summed E-state index contributed by atoms with van der Waals surface area (Å²) < 4.78 is 4.84. The minimum atomic E-state index is -1.50. The van der Waals surface area contributed by atoms with Crippen molar-refractivity contribution in [2.24, 2.45) is 5.11 Å². The molecule has 0 spiro atoms. The first kappa shape index (κ1) is 11.2. The summed E-state index contributed by atoms with van der Waals surface area (Å²) in [5.74, 6) is 0. The normalized spacial score (nSPS) is 43.0. The zero-order valence-electron chi connectivity index (χ0n) is 7.13. The predicted molar refractivity (Wildman–Crippen MR) is 42.9 cm³/mol. The summed E-state index contributed by atoms with van der Waals surface area (Å²) in [7, 11) is 0. The molecule has 14 heavy (non-hydrogen) atoms. The van der Waals surface area contributed by atoms with Crippen LogP contribution >= 0.6 is 0 Å². The highest BCUT2D eigenvalue weighted by molar-refractivity contribution is 4.90. The van der Waals surface area contributed by atoms with Gasteiger partial charge >= 0.3 is 0 Å². The van der Waals surface area contributed by atoms with Gasteiger partial charge in [0.05, 0.1) is 6.61 Å². The fraction of sp³-hybridized carbons (Fsp3) is 1.00. The molecule has 1 heterocycles. The summed E-state index contributed by atoms with van der Waals surface area (Å²) in [6.45, 7) is -0.539. The molecule has 4 N–H and O–H groups in total. The monoisotopic (exact) mass is 205 g/mol. The average Bonchev–Trinajstić information content (AvgIpc) is 2.19. The summed E-state index contributed by atoms with van der Waals surface area (Å²) in [5, 5.41) is 39.6. The van der Waals surface area contributed by atoms with Gasteiger partial charge in [-0.1, -0.05) is 5.11 Å². The quantitative estimate of drug-likeness (QED) is 0.237. The largest absolute Gasteiger partial charge is 0.394 e. The van der Waals surface area contributed by atoms with Crippen molar-refractivity contribution in [1.82, 2.24) is 0 Å². The number of aliphatic hydroxyl groups excluding tert-OH is 4. The van der Waals surface area contributed by atoms with E-state index in [1.165, 1.54) is 0 Å². The van der Waals surface area contributed by atoms with Gasteiger partial charge in [-0.05, 0) is 5.53 Å². The third-order valence-corrected chi connectivity index (χ3v) is 2.03. The molecule has 1 fully saturated rings. The lowest BCUT2D eigenvalue weighted by Crippen LogP contribution is -2.57. The van der Waals surface area contributed by atoms with E-state index >= 15 is 0 Å².